The first-order valence-corrected chi connectivity index (χ1v) is 7.81. The minimum Gasteiger partial charge on any atom is -0.363 e. The van der Waals surface area contributed by atoms with Crippen LogP contribution in [0.3, 0.4) is 0 Å². The summed E-state index contributed by atoms with van der Waals surface area (Å²) in [4.78, 5) is 8.89. The van der Waals surface area contributed by atoms with Crippen LogP contribution in [-0.2, 0) is 6.42 Å². The molecule has 106 valence electrons. The highest BCUT2D eigenvalue weighted by Gasteiger charge is 2.08. The fraction of sp³-hybridized carbons (Fsp3) is 0.333. The van der Waals surface area contributed by atoms with Crippen LogP contribution in [0, 0.1) is 0 Å². The molecule has 0 saturated heterocycles. The van der Waals surface area contributed by atoms with E-state index in [1.807, 2.05) is 30.3 Å². The molecule has 0 saturated carbocycles. The maximum absolute atomic E-state index is 5.91. The van der Waals surface area contributed by atoms with Crippen molar-refractivity contribution >= 4 is 33.3 Å². The van der Waals surface area contributed by atoms with Gasteiger partial charge in [0.25, 0.3) is 0 Å². The maximum atomic E-state index is 5.91. The molecule has 0 radical (unpaired) electrons. The second-order valence-corrected chi connectivity index (χ2v) is 5.91. The van der Waals surface area contributed by atoms with E-state index in [9.17, 15) is 0 Å². The van der Waals surface area contributed by atoms with E-state index >= 15 is 0 Å². The predicted molar refractivity (Wildman–Crippen MR) is 87.2 cm³/mol. The number of hydrogen-bond donors (Lipinski definition) is 1. The largest absolute Gasteiger partial charge is 0.363 e. The molecular formula is C15H17BrClN3. The quantitative estimate of drug-likeness (QED) is 0.766. The highest BCUT2D eigenvalue weighted by molar-refractivity contribution is 9.10. The standard InChI is InChI=1S/C15H17BrClN3/c1-3-4-14-19-13(16)9-15(20-14)18-10(2)11-5-7-12(17)8-6-11/h5-10H,3-4H2,1-2H3,(H,18,19,20). The second-order valence-electron chi connectivity index (χ2n) is 4.66. The van der Waals surface area contributed by atoms with Gasteiger partial charge in [0.2, 0.25) is 0 Å². The first-order valence-electron chi connectivity index (χ1n) is 6.64. The summed E-state index contributed by atoms with van der Waals surface area (Å²) in [6.07, 6.45) is 1.91. The summed E-state index contributed by atoms with van der Waals surface area (Å²) in [5.74, 6) is 1.69. The summed E-state index contributed by atoms with van der Waals surface area (Å²) in [7, 11) is 0. The van der Waals surface area contributed by atoms with Gasteiger partial charge in [-0.15, -0.1) is 0 Å². The number of anilines is 1. The van der Waals surface area contributed by atoms with Crippen molar-refractivity contribution < 1.29 is 0 Å². The Balaban J connectivity index is 2.14. The van der Waals surface area contributed by atoms with E-state index in [1.54, 1.807) is 0 Å². The number of halogens is 2. The number of hydrogen-bond acceptors (Lipinski definition) is 3. The number of nitrogens with one attached hydrogen (secondary N) is 1. The van der Waals surface area contributed by atoms with Crippen molar-refractivity contribution in [3.05, 3.63) is 51.3 Å². The van der Waals surface area contributed by atoms with Crippen molar-refractivity contribution in [1.29, 1.82) is 0 Å². The van der Waals surface area contributed by atoms with Crippen LogP contribution in [0.15, 0.2) is 34.9 Å². The summed E-state index contributed by atoms with van der Waals surface area (Å²) in [5, 5.41) is 4.14. The molecule has 0 fully saturated rings. The lowest BCUT2D eigenvalue weighted by Crippen LogP contribution is -2.09. The fourth-order valence-corrected chi connectivity index (χ4v) is 2.48. The third-order valence-electron chi connectivity index (χ3n) is 2.95. The third-order valence-corrected chi connectivity index (χ3v) is 3.61. The zero-order valence-electron chi connectivity index (χ0n) is 11.5. The van der Waals surface area contributed by atoms with Gasteiger partial charge in [0.05, 0.1) is 0 Å². The van der Waals surface area contributed by atoms with Crippen molar-refractivity contribution in [3.8, 4) is 0 Å². The van der Waals surface area contributed by atoms with Crippen molar-refractivity contribution in [2.24, 2.45) is 0 Å². The molecule has 1 atom stereocenters. The molecule has 0 aliphatic heterocycles. The molecular weight excluding hydrogens is 338 g/mol. The van der Waals surface area contributed by atoms with Gasteiger partial charge < -0.3 is 5.32 Å². The Bertz CT molecular complexity index is 572. The van der Waals surface area contributed by atoms with Crippen LogP contribution >= 0.6 is 27.5 Å². The number of nitrogens with zero attached hydrogens (tertiary/aromatic N) is 2. The molecule has 20 heavy (non-hydrogen) atoms. The molecule has 2 aromatic rings. The molecule has 1 aromatic heterocycles. The van der Waals surface area contributed by atoms with Crippen molar-refractivity contribution in [2.45, 2.75) is 32.7 Å². The molecule has 0 bridgehead atoms. The molecule has 0 spiro atoms. The minimum absolute atomic E-state index is 0.156. The molecule has 2 rings (SSSR count). The molecule has 3 nitrogen and oxygen atoms in total. The van der Waals surface area contributed by atoms with Gasteiger partial charge in [-0.05, 0) is 47.0 Å². The summed E-state index contributed by atoms with van der Waals surface area (Å²) in [6, 6.07) is 9.88. The average molecular weight is 355 g/mol. The van der Waals surface area contributed by atoms with Gasteiger partial charge in [-0.3, -0.25) is 0 Å². The van der Waals surface area contributed by atoms with E-state index in [-0.39, 0.29) is 6.04 Å². The van der Waals surface area contributed by atoms with Gasteiger partial charge in [-0.2, -0.15) is 0 Å². The SMILES string of the molecule is CCCc1nc(Br)cc(NC(C)c2ccc(Cl)cc2)n1. The zero-order valence-corrected chi connectivity index (χ0v) is 13.9. The van der Waals surface area contributed by atoms with Gasteiger partial charge >= 0.3 is 0 Å². The van der Waals surface area contributed by atoms with Crippen LogP contribution in [0.4, 0.5) is 5.82 Å². The van der Waals surface area contributed by atoms with Crippen LogP contribution in [-0.4, -0.2) is 9.97 Å². The van der Waals surface area contributed by atoms with Gasteiger partial charge in [0, 0.05) is 23.6 Å². The van der Waals surface area contributed by atoms with Crippen molar-refractivity contribution in [3.63, 3.8) is 0 Å². The zero-order chi connectivity index (χ0) is 14.5. The third kappa shape index (κ3) is 4.18. The molecule has 5 heteroatoms. The molecule has 0 amide bonds. The predicted octanol–water partition coefficient (Wildman–Crippen LogP) is 5.02. The van der Waals surface area contributed by atoms with E-state index in [0.717, 1.165) is 34.1 Å². The maximum Gasteiger partial charge on any atom is 0.132 e. The molecule has 1 N–H and O–H groups in total. The topological polar surface area (TPSA) is 37.8 Å². The normalized spacial score (nSPS) is 12.2. The van der Waals surface area contributed by atoms with Gasteiger partial charge in [-0.1, -0.05) is 30.7 Å². The van der Waals surface area contributed by atoms with E-state index in [2.05, 4.69) is 45.1 Å². The summed E-state index contributed by atoms with van der Waals surface area (Å²) in [6.45, 7) is 4.21. The average Bonchev–Trinajstić information content (AvgIpc) is 2.39. The Hall–Kier alpha value is -1.13. The summed E-state index contributed by atoms with van der Waals surface area (Å²) in [5.41, 5.74) is 1.17. The van der Waals surface area contributed by atoms with Gasteiger partial charge in [0.15, 0.2) is 0 Å². The summed E-state index contributed by atoms with van der Waals surface area (Å²) >= 11 is 9.34. The monoisotopic (exact) mass is 353 g/mol. The second kappa shape index (κ2) is 7.04. The van der Waals surface area contributed by atoms with E-state index in [1.165, 1.54) is 5.56 Å². The molecule has 1 unspecified atom stereocenters. The lowest BCUT2D eigenvalue weighted by molar-refractivity contribution is 0.814. The Morgan fingerprint density at radius 1 is 1.25 bits per heavy atom. The number of aromatic nitrogens is 2. The van der Waals surface area contributed by atoms with E-state index in [4.69, 9.17) is 11.6 Å². The molecule has 1 aromatic carbocycles. The van der Waals surface area contributed by atoms with Gasteiger partial charge in [0.1, 0.15) is 16.2 Å². The Morgan fingerprint density at radius 2 is 1.95 bits per heavy atom. The van der Waals surface area contributed by atoms with E-state index < -0.39 is 0 Å². The first-order chi connectivity index (χ1) is 9.58. The van der Waals surface area contributed by atoms with Crippen LogP contribution in [0.5, 0.6) is 0 Å². The highest BCUT2D eigenvalue weighted by atomic mass is 79.9. The first kappa shape index (κ1) is 15.3. The lowest BCUT2D eigenvalue weighted by Gasteiger charge is -2.15. The molecule has 0 aliphatic carbocycles. The minimum atomic E-state index is 0.156. The van der Waals surface area contributed by atoms with E-state index in [0.29, 0.717) is 0 Å². The van der Waals surface area contributed by atoms with Gasteiger partial charge in [-0.25, -0.2) is 9.97 Å². The Kier molecular flexibility index (Phi) is 5.38. The van der Waals surface area contributed by atoms with Crippen LogP contribution in [0.1, 0.15) is 37.7 Å². The molecule has 1 heterocycles. The Labute approximate surface area is 132 Å². The molecule has 0 aliphatic rings. The van der Waals surface area contributed by atoms with Crippen LogP contribution in [0.25, 0.3) is 0 Å². The number of benzene rings is 1. The van der Waals surface area contributed by atoms with Crippen molar-refractivity contribution in [1.82, 2.24) is 9.97 Å². The van der Waals surface area contributed by atoms with Crippen LogP contribution < -0.4 is 5.32 Å². The number of aryl methyl sites for hydroxylation is 1. The smallest absolute Gasteiger partial charge is 0.132 e. The lowest BCUT2D eigenvalue weighted by atomic mass is 10.1. The van der Waals surface area contributed by atoms with Crippen LogP contribution in [0.2, 0.25) is 5.02 Å². The fourth-order valence-electron chi connectivity index (χ4n) is 1.93. The number of rotatable bonds is 5. The highest BCUT2D eigenvalue weighted by Crippen LogP contribution is 2.21. The van der Waals surface area contributed by atoms with Crippen molar-refractivity contribution in [2.75, 3.05) is 5.32 Å². The summed E-state index contributed by atoms with van der Waals surface area (Å²) < 4.78 is 0.807. The Morgan fingerprint density at radius 3 is 2.60 bits per heavy atom.